The van der Waals surface area contributed by atoms with Crippen molar-refractivity contribution in [2.75, 3.05) is 9.80 Å². The number of anilines is 2. The van der Waals surface area contributed by atoms with Crippen LogP contribution in [0.4, 0.5) is 11.4 Å². The van der Waals surface area contributed by atoms with Gasteiger partial charge in [-0.2, -0.15) is 0 Å². The first kappa shape index (κ1) is 36.5. The Kier molecular flexibility index (Phi) is 8.64. The lowest BCUT2D eigenvalue weighted by Gasteiger charge is -2.47. The van der Waals surface area contributed by atoms with Crippen molar-refractivity contribution in [2.45, 2.75) is 118 Å². The third-order valence-corrected chi connectivity index (χ3v) is 13.1. The fraction of sp³-hybridized carbons (Fsp3) is 0.400. The molecule has 286 valence electrons. The van der Waals surface area contributed by atoms with Crippen LogP contribution < -0.4 is 9.80 Å². The summed E-state index contributed by atoms with van der Waals surface area (Å²) in [7, 11) is 0. The van der Waals surface area contributed by atoms with E-state index in [4.69, 9.17) is 0 Å². The van der Waals surface area contributed by atoms with Crippen molar-refractivity contribution in [2.24, 2.45) is 10.8 Å². The Balaban J connectivity index is 1.21. The number of carbonyl (C=O) groups excluding carboxylic acids is 4. The summed E-state index contributed by atoms with van der Waals surface area (Å²) in [5, 5.41) is 0. The predicted molar refractivity (Wildman–Crippen MR) is 221 cm³/mol. The molecule has 0 bridgehead atoms. The third-order valence-electron chi connectivity index (χ3n) is 13.1. The van der Waals surface area contributed by atoms with E-state index < -0.39 is 11.8 Å². The normalized spacial score (nSPS) is 24.7. The molecule has 9 rings (SSSR count). The van der Waals surface area contributed by atoms with E-state index in [-0.39, 0.29) is 34.0 Å². The molecule has 0 radical (unpaired) electrons. The van der Waals surface area contributed by atoms with Gasteiger partial charge in [-0.15, -0.1) is 0 Å². The fourth-order valence-electron chi connectivity index (χ4n) is 10.6. The van der Waals surface area contributed by atoms with E-state index in [1.165, 1.54) is 0 Å². The number of aryl methyl sites for hydroxylation is 2. The van der Waals surface area contributed by atoms with E-state index >= 15 is 0 Å². The lowest BCUT2D eigenvalue weighted by atomic mass is 9.65. The summed E-state index contributed by atoms with van der Waals surface area (Å²) in [4.78, 5) is 61.7. The molecule has 0 N–H and O–H groups in total. The van der Waals surface area contributed by atoms with Gasteiger partial charge in [-0.1, -0.05) is 87.4 Å². The van der Waals surface area contributed by atoms with Crippen LogP contribution in [0.15, 0.2) is 118 Å². The van der Waals surface area contributed by atoms with Gasteiger partial charge in [0.05, 0.1) is 0 Å². The molecule has 6 aliphatic rings. The third kappa shape index (κ3) is 5.99. The molecule has 3 aromatic rings. The van der Waals surface area contributed by atoms with E-state index in [2.05, 4.69) is 124 Å². The van der Waals surface area contributed by atoms with Crippen LogP contribution >= 0.6 is 0 Å². The van der Waals surface area contributed by atoms with Crippen molar-refractivity contribution in [3.63, 3.8) is 0 Å². The second-order valence-electron chi connectivity index (χ2n) is 18.8. The molecule has 2 unspecified atom stereocenters. The lowest BCUT2D eigenvalue weighted by Crippen LogP contribution is -2.42. The van der Waals surface area contributed by atoms with Gasteiger partial charge in [-0.3, -0.25) is 19.2 Å². The van der Waals surface area contributed by atoms with E-state index in [9.17, 15) is 19.2 Å². The van der Waals surface area contributed by atoms with E-state index in [0.717, 1.165) is 117 Å². The molecule has 0 saturated carbocycles. The molecular formula is C50H52N2O4. The first-order valence-electron chi connectivity index (χ1n) is 20.6. The number of Topliss-reactive ketones (excluding diaryl/α,β-unsaturated/α-hetero) is 4. The molecule has 2 atom stereocenters. The molecule has 0 saturated heterocycles. The highest BCUT2D eigenvalue weighted by molar-refractivity contribution is 6.09. The van der Waals surface area contributed by atoms with Crippen LogP contribution in [0, 0.1) is 24.7 Å². The molecule has 2 aliphatic heterocycles. The van der Waals surface area contributed by atoms with Gasteiger partial charge in [0.15, 0.2) is 23.1 Å². The average Bonchev–Trinajstić information content (AvgIpc) is 3.14. The molecule has 0 amide bonds. The van der Waals surface area contributed by atoms with Gasteiger partial charge in [0, 0.05) is 94.0 Å². The van der Waals surface area contributed by atoms with E-state index in [0.29, 0.717) is 25.7 Å². The van der Waals surface area contributed by atoms with Crippen molar-refractivity contribution < 1.29 is 19.2 Å². The number of benzene rings is 3. The van der Waals surface area contributed by atoms with Crippen LogP contribution in [-0.4, -0.2) is 23.1 Å². The highest BCUT2D eigenvalue weighted by Crippen LogP contribution is 2.56. The molecule has 0 aromatic heterocycles. The molecule has 3 aromatic carbocycles. The first-order valence-corrected chi connectivity index (χ1v) is 20.6. The van der Waals surface area contributed by atoms with Crippen LogP contribution in [0.1, 0.15) is 126 Å². The topological polar surface area (TPSA) is 74.8 Å². The Hall–Kier alpha value is -5.10. The Labute approximate surface area is 331 Å². The quantitative estimate of drug-likeness (QED) is 0.265. The summed E-state index contributed by atoms with van der Waals surface area (Å²) in [6, 6.07) is 25.1. The minimum absolute atomic E-state index is 0.101. The number of hydrogen-bond donors (Lipinski definition) is 0. The van der Waals surface area contributed by atoms with Gasteiger partial charge in [-0.05, 0) is 98.6 Å². The second kappa shape index (κ2) is 13.2. The molecule has 6 heteroatoms. The van der Waals surface area contributed by atoms with Crippen molar-refractivity contribution in [1.29, 1.82) is 0 Å². The van der Waals surface area contributed by atoms with Gasteiger partial charge in [0.25, 0.3) is 0 Å². The van der Waals surface area contributed by atoms with Gasteiger partial charge in [0.2, 0.25) is 0 Å². The first-order chi connectivity index (χ1) is 26.7. The molecule has 0 fully saturated rings. The zero-order valence-electron chi connectivity index (χ0n) is 33.7. The van der Waals surface area contributed by atoms with Crippen LogP contribution in [0.25, 0.3) is 0 Å². The molecule has 2 heterocycles. The molecule has 56 heavy (non-hydrogen) atoms. The van der Waals surface area contributed by atoms with E-state index in [1.54, 1.807) is 0 Å². The van der Waals surface area contributed by atoms with Gasteiger partial charge >= 0.3 is 0 Å². The summed E-state index contributed by atoms with van der Waals surface area (Å²) in [6.07, 6.45) is 6.33. The zero-order valence-corrected chi connectivity index (χ0v) is 33.7. The number of nitrogens with zero attached hydrogens (tertiary/aromatic N) is 2. The van der Waals surface area contributed by atoms with Gasteiger partial charge < -0.3 is 9.80 Å². The van der Waals surface area contributed by atoms with Gasteiger partial charge in [-0.25, -0.2) is 0 Å². The Morgan fingerprint density at radius 1 is 0.429 bits per heavy atom. The highest BCUT2D eigenvalue weighted by Gasteiger charge is 2.49. The largest absolute Gasteiger partial charge is 0.317 e. The summed E-state index contributed by atoms with van der Waals surface area (Å²) < 4.78 is 0. The zero-order chi connectivity index (χ0) is 39.3. The number of rotatable bonds is 4. The Morgan fingerprint density at radius 3 is 1.12 bits per heavy atom. The maximum atomic E-state index is 14.4. The maximum Gasteiger partial charge on any atom is 0.162 e. The minimum Gasteiger partial charge on any atom is -0.317 e. The minimum atomic E-state index is -0.464. The smallest absolute Gasteiger partial charge is 0.162 e. The Bertz CT molecular complexity index is 2180. The van der Waals surface area contributed by atoms with Crippen LogP contribution in [0.2, 0.25) is 0 Å². The average molecular weight is 745 g/mol. The molecule has 0 spiro atoms. The monoisotopic (exact) mass is 744 g/mol. The summed E-state index contributed by atoms with van der Waals surface area (Å²) >= 11 is 0. The summed E-state index contributed by atoms with van der Waals surface area (Å²) in [6.45, 7) is 12.8. The maximum absolute atomic E-state index is 14.4. The molecule has 6 nitrogen and oxygen atoms in total. The predicted octanol–water partition coefficient (Wildman–Crippen LogP) is 10.8. The standard InChI is InChI=1S/C50H52N2O4/c1-29-13-21-33(22-14-29)51-35-9-7-11-39(53)45(35)43(47-37(51)25-49(3,4)27-41(47)55)31-17-19-32(20-18-31)44-46-36(10-8-12-40(46)54)52(34-23-15-30(2)16-24-34)38-26-50(5,6)28-42(56)48(38)44/h13-24,43-44H,7-12,25-28H2,1-6H3. The van der Waals surface area contributed by atoms with E-state index in [1.807, 2.05) is 0 Å². The number of carbonyl (C=O) groups is 4. The summed E-state index contributed by atoms with van der Waals surface area (Å²) in [5.74, 6) is -0.509. The van der Waals surface area contributed by atoms with Gasteiger partial charge in [0.1, 0.15) is 0 Å². The summed E-state index contributed by atoms with van der Waals surface area (Å²) in [5.41, 5.74) is 12.7. The number of allylic oxidation sites excluding steroid dienone is 8. The number of ketones is 4. The fourth-order valence-corrected chi connectivity index (χ4v) is 10.6. The van der Waals surface area contributed by atoms with Crippen molar-refractivity contribution >= 4 is 34.5 Å². The molecular weight excluding hydrogens is 693 g/mol. The molecule has 4 aliphatic carbocycles. The van der Waals surface area contributed by atoms with Crippen molar-refractivity contribution in [3.8, 4) is 0 Å². The second-order valence-corrected chi connectivity index (χ2v) is 18.8. The van der Waals surface area contributed by atoms with Crippen LogP contribution in [0.3, 0.4) is 0 Å². The van der Waals surface area contributed by atoms with Crippen LogP contribution in [0.5, 0.6) is 0 Å². The van der Waals surface area contributed by atoms with Crippen molar-refractivity contribution in [1.82, 2.24) is 0 Å². The lowest BCUT2D eigenvalue weighted by molar-refractivity contribution is -0.120. The number of hydrogen-bond acceptors (Lipinski definition) is 6. The van der Waals surface area contributed by atoms with Crippen LogP contribution in [-0.2, 0) is 19.2 Å². The highest BCUT2D eigenvalue weighted by atomic mass is 16.1. The SMILES string of the molecule is Cc1ccc(N2C3=C(C(=O)CCC3)C(c3ccc(C4C5=C(CCCC5=O)N(c5ccc(C)cc5)C5=C4C(=O)CC(C)(C)C5)cc3)C3=C2CC(C)(C)CC3=O)cc1. The Morgan fingerprint density at radius 2 is 0.768 bits per heavy atom. The van der Waals surface area contributed by atoms with Crippen molar-refractivity contribution in [3.05, 3.63) is 140 Å².